The third kappa shape index (κ3) is 4.48. The smallest absolute Gasteiger partial charge is 0.360 e. The molecule has 0 bridgehead atoms. The monoisotopic (exact) mass is 443 g/mol. The minimum absolute atomic E-state index is 0.121. The Morgan fingerprint density at radius 1 is 1.24 bits per heavy atom. The molecular weight excluding hydrogens is 427 g/mol. The van der Waals surface area contributed by atoms with Crippen molar-refractivity contribution in [1.82, 2.24) is 19.5 Å². The molecule has 0 unspecified atom stereocenters. The quantitative estimate of drug-likeness (QED) is 0.652. The van der Waals surface area contributed by atoms with Crippen LogP contribution in [-0.4, -0.2) is 51.2 Å². The molecule has 11 heteroatoms. The van der Waals surface area contributed by atoms with E-state index in [2.05, 4.69) is 15.4 Å². The normalized spacial score (nSPS) is 15.8. The minimum Gasteiger partial charge on any atom is -0.360 e. The van der Waals surface area contributed by atoms with Gasteiger partial charge in [0.25, 0.3) is 0 Å². The molecule has 0 atom stereocenters. The van der Waals surface area contributed by atoms with Crippen molar-refractivity contribution < 1.29 is 18.0 Å². The second-order valence-corrected chi connectivity index (χ2v) is 8.27. The Hall–Kier alpha value is -2.33. The molecule has 1 N–H and O–H groups in total. The Morgan fingerprint density at radius 3 is 2.55 bits per heavy atom. The average molecular weight is 444 g/mol. The topological polar surface area (TPSA) is 62.5 Å². The Bertz CT molecular complexity index is 977. The summed E-state index contributed by atoms with van der Waals surface area (Å²) in [6.45, 7) is 0.835. The van der Waals surface area contributed by atoms with Crippen LogP contribution in [-0.2, 0) is 4.79 Å². The van der Waals surface area contributed by atoms with E-state index in [9.17, 15) is 18.0 Å². The van der Waals surface area contributed by atoms with Crippen LogP contribution in [0.25, 0.3) is 16.2 Å². The van der Waals surface area contributed by atoms with Crippen LogP contribution < -0.4 is 5.32 Å². The fourth-order valence-corrected chi connectivity index (χ4v) is 4.20. The lowest BCUT2D eigenvalue weighted by atomic mass is 9.97. The van der Waals surface area contributed by atoms with Crippen molar-refractivity contribution in [3.63, 3.8) is 0 Å². The molecule has 4 rings (SSSR count). The summed E-state index contributed by atoms with van der Waals surface area (Å²) in [6.07, 6.45) is -1.91. The maximum atomic E-state index is 12.5. The molecular formula is C18H17ClF3N5OS. The summed E-state index contributed by atoms with van der Waals surface area (Å²) in [5.41, 5.74) is 1.75. The number of nitrogens with zero attached hydrogens (tertiary/aromatic N) is 4. The van der Waals surface area contributed by atoms with Crippen LogP contribution in [0.15, 0.2) is 30.5 Å². The number of benzene rings is 1. The zero-order valence-electron chi connectivity index (χ0n) is 15.1. The average Bonchev–Trinajstić information content (AvgIpc) is 3.25. The van der Waals surface area contributed by atoms with Gasteiger partial charge in [-0.15, -0.1) is 5.10 Å². The number of nitrogens with one attached hydrogen (secondary N) is 1. The van der Waals surface area contributed by atoms with E-state index in [1.54, 1.807) is 16.6 Å². The third-order valence-corrected chi connectivity index (χ3v) is 6.00. The summed E-state index contributed by atoms with van der Waals surface area (Å²) in [5, 5.41) is 9.05. The van der Waals surface area contributed by atoms with Crippen LogP contribution in [0.1, 0.15) is 12.8 Å². The number of hydrogen-bond donors (Lipinski definition) is 1. The first-order chi connectivity index (χ1) is 13.8. The van der Waals surface area contributed by atoms with Crippen LogP contribution in [0.4, 0.5) is 18.3 Å². The number of anilines is 1. The van der Waals surface area contributed by atoms with Gasteiger partial charge in [-0.1, -0.05) is 35.1 Å². The highest BCUT2D eigenvalue weighted by Crippen LogP contribution is 2.27. The predicted molar refractivity (Wildman–Crippen MR) is 105 cm³/mol. The van der Waals surface area contributed by atoms with Gasteiger partial charge in [-0.05, 0) is 30.9 Å². The molecule has 1 aliphatic rings. The number of rotatable bonds is 4. The molecule has 0 aliphatic carbocycles. The Labute approximate surface area is 173 Å². The van der Waals surface area contributed by atoms with Gasteiger partial charge in [0.1, 0.15) is 0 Å². The van der Waals surface area contributed by atoms with E-state index in [1.807, 2.05) is 18.3 Å². The van der Waals surface area contributed by atoms with Crippen molar-refractivity contribution in [3.05, 3.63) is 35.5 Å². The number of hydrogen-bond acceptors (Lipinski definition) is 5. The van der Waals surface area contributed by atoms with E-state index >= 15 is 0 Å². The van der Waals surface area contributed by atoms with Crippen molar-refractivity contribution in [1.29, 1.82) is 0 Å². The summed E-state index contributed by atoms with van der Waals surface area (Å²) in [7, 11) is 0. The van der Waals surface area contributed by atoms with Gasteiger partial charge in [-0.25, -0.2) is 9.50 Å². The van der Waals surface area contributed by atoms with E-state index in [1.165, 1.54) is 11.3 Å². The number of carbonyl (C=O) groups is 1. The second-order valence-electron chi connectivity index (χ2n) is 6.88. The molecule has 154 valence electrons. The van der Waals surface area contributed by atoms with Crippen LogP contribution >= 0.6 is 22.9 Å². The zero-order valence-corrected chi connectivity index (χ0v) is 16.7. The van der Waals surface area contributed by atoms with E-state index in [4.69, 9.17) is 11.6 Å². The number of likely N-dealkylation sites (tertiary alicyclic amines) is 1. The molecule has 1 aromatic carbocycles. The first-order valence-corrected chi connectivity index (χ1v) is 10.2. The zero-order chi connectivity index (χ0) is 20.6. The molecule has 0 spiro atoms. The standard InChI is InChI=1S/C18H17ClF3N5OS/c19-13-3-1-12(2-4-13)14-10-27-17(24-14)29-16(25-27)23-9-11-5-7-26(8-6-11)15(28)18(20,21)22/h1-4,10-11H,5-9H2,(H,23,25). The third-order valence-electron chi connectivity index (χ3n) is 4.87. The number of imidazole rings is 1. The van der Waals surface area contributed by atoms with E-state index in [-0.39, 0.29) is 19.0 Å². The van der Waals surface area contributed by atoms with Gasteiger partial charge < -0.3 is 10.2 Å². The van der Waals surface area contributed by atoms with Gasteiger partial charge in [0, 0.05) is 30.2 Å². The van der Waals surface area contributed by atoms with Gasteiger partial charge in [-0.2, -0.15) is 13.2 Å². The molecule has 1 fully saturated rings. The van der Waals surface area contributed by atoms with E-state index in [0.29, 0.717) is 29.5 Å². The molecule has 2 aromatic heterocycles. The highest BCUT2D eigenvalue weighted by atomic mass is 35.5. The molecule has 29 heavy (non-hydrogen) atoms. The number of aromatic nitrogens is 3. The van der Waals surface area contributed by atoms with Gasteiger partial charge >= 0.3 is 12.1 Å². The summed E-state index contributed by atoms with van der Waals surface area (Å²) >= 11 is 7.31. The number of amides is 1. The molecule has 0 saturated carbocycles. The van der Waals surface area contributed by atoms with Crippen LogP contribution in [0.3, 0.4) is 0 Å². The highest BCUT2D eigenvalue weighted by molar-refractivity contribution is 7.20. The lowest BCUT2D eigenvalue weighted by Crippen LogP contribution is -2.46. The molecule has 0 radical (unpaired) electrons. The Kier molecular flexibility index (Phi) is 5.39. The number of carbonyl (C=O) groups excluding carboxylic acids is 1. The molecule has 1 saturated heterocycles. The maximum absolute atomic E-state index is 12.5. The summed E-state index contributed by atoms with van der Waals surface area (Å²) in [6, 6.07) is 7.39. The lowest BCUT2D eigenvalue weighted by Gasteiger charge is -2.32. The SMILES string of the molecule is O=C(N1CCC(CNc2nn3cc(-c4ccc(Cl)cc4)nc3s2)CC1)C(F)(F)F. The number of halogens is 4. The second kappa shape index (κ2) is 7.83. The van der Waals surface area contributed by atoms with E-state index < -0.39 is 12.1 Å². The van der Waals surface area contributed by atoms with Crippen molar-refractivity contribution >= 4 is 38.9 Å². The fraction of sp³-hybridized carbons (Fsp3) is 0.389. The molecule has 1 amide bonds. The first-order valence-electron chi connectivity index (χ1n) is 9.02. The van der Waals surface area contributed by atoms with Crippen LogP contribution in [0.5, 0.6) is 0 Å². The molecule has 1 aliphatic heterocycles. The molecule has 3 heterocycles. The van der Waals surface area contributed by atoms with Crippen molar-refractivity contribution in [2.75, 3.05) is 25.0 Å². The molecule has 3 aromatic rings. The van der Waals surface area contributed by atoms with Crippen molar-refractivity contribution in [3.8, 4) is 11.3 Å². The van der Waals surface area contributed by atoms with E-state index in [0.717, 1.165) is 21.1 Å². The summed E-state index contributed by atoms with van der Waals surface area (Å²) in [5.74, 6) is -1.56. The lowest BCUT2D eigenvalue weighted by molar-refractivity contribution is -0.186. The summed E-state index contributed by atoms with van der Waals surface area (Å²) in [4.78, 5) is 17.5. The van der Waals surface area contributed by atoms with Gasteiger partial charge in [0.2, 0.25) is 10.1 Å². The van der Waals surface area contributed by atoms with Crippen molar-refractivity contribution in [2.45, 2.75) is 19.0 Å². The van der Waals surface area contributed by atoms with Gasteiger partial charge in [0.05, 0.1) is 11.9 Å². The van der Waals surface area contributed by atoms with Gasteiger partial charge in [-0.3, -0.25) is 4.79 Å². The van der Waals surface area contributed by atoms with Crippen molar-refractivity contribution in [2.24, 2.45) is 5.92 Å². The predicted octanol–water partition coefficient (Wildman–Crippen LogP) is 4.32. The fourth-order valence-electron chi connectivity index (χ4n) is 3.28. The number of fused-ring (bicyclic) bond motifs is 1. The summed E-state index contributed by atoms with van der Waals surface area (Å²) < 4.78 is 39.2. The Morgan fingerprint density at radius 2 is 1.93 bits per heavy atom. The Balaban J connectivity index is 1.32. The minimum atomic E-state index is -4.80. The van der Waals surface area contributed by atoms with Crippen LogP contribution in [0.2, 0.25) is 5.02 Å². The number of alkyl halides is 3. The maximum Gasteiger partial charge on any atom is 0.471 e. The number of piperidine rings is 1. The first kappa shape index (κ1) is 20.0. The highest BCUT2D eigenvalue weighted by Gasteiger charge is 2.43. The van der Waals surface area contributed by atoms with Gasteiger partial charge in [0.15, 0.2) is 0 Å². The van der Waals surface area contributed by atoms with Crippen LogP contribution in [0, 0.1) is 5.92 Å². The molecule has 6 nitrogen and oxygen atoms in total. The largest absolute Gasteiger partial charge is 0.471 e.